The Kier molecular flexibility index (Phi) is 6.02. The zero-order chi connectivity index (χ0) is 21.0. The van der Waals surface area contributed by atoms with Crippen LogP contribution < -0.4 is 10.9 Å². The van der Waals surface area contributed by atoms with E-state index in [9.17, 15) is 22.8 Å². The molecule has 0 unspecified atom stereocenters. The fraction of sp³-hybridized carbons (Fsp3) is 0.158. The summed E-state index contributed by atoms with van der Waals surface area (Å²) in [4.78, 5) is 26.8. The van der Waals surface area contributed by atoms with Crippen LogP contribution in [0.25, 0.3) is 11.3 Å². The summed E-state index contributed by atoms with van der Waals surface area (Å²) < 4.78 is 38.2. The van der Waals surface area contributed by atoms with Crippen molar-refractivity contribution in [1.82, 2.24) is 15.2 Å². The lowest BCUT2D eigenvalue weighted by atomic mass is 10.1. The molecule has 0 aliphatic rings. The van der Waals surface area contributed by atoms with Crippen LogP contribution in [0.15, 0.2) is 58.5 Å². The molecule has 2 N–H and O–H groups in total. The van der Waals surface area contributed by atoms with Crippen LogP contribution in [0, 0.1) is 6.92 Å². The van der Waals surface area contributed by atoms with Crippen molar-refractivity contribution >= 4 is 23.4 Å². The zero-order valence-electron chi connectivity index (χ0n) is 15.1. The van der Waals surface area contributed by atoms with E-state index in [2.05, 4.69) is 20.5 Å². The SMILES string of the molecule is Cc1ccc(-c2nnc(SCC(=O)Nc3cccc(C(F)(F)F)c3)[nH]c2=O)cc1. The number of nitrogens with zero attached hydrogens (tertiary/aromatic N) is 2. The van der Waals surface area contributed by atoms with Crippen molar-refractivity contribution < 1.29 is 18.0 Å². The predicted octanol–water partition coefficient (Wildman–Crippen LogP) is 3.89. The molecule has 0 saturated carbocycles. The van der Waals surface area contributed by atoms with Gasteiger partial charge in [-0.05, 0) is 25.1 Å². The van der Waals surface area contributed by atoms with Gasteiger partial charge in [0.2, 0.25) is 5.91 Å². The number of amides is 1. The van der Waals surface area contributed by atoms with Gasteiger partial charge in [0, 0.05) is 11.3 Å². The van der Waals surface area contributed by atoms with Crippen molar-refractivity contribution in [3.63, 3.8) is 0 Å². The summed E-state index contributed by atoms with van der Waals surface area (Å²) in [6.07, 6.45) is -4.50. The smallest absolute Gasteiger partial charge is 0.325 e. The molecule has 1 aromatic heterocycles. The Hall–Kier alpha value is -3.14. The first-order valence-corrected chi connectivity index (χ1v) is 9.35. The van der Waals surface area contributed by atoms with Gasteiger partial charge in [-0.15, -0.1) is 10.2 Å². The van der Waals surface area contributed by atoms with E-state index >= 15 is 0 Å². The number of aromatic amines is 1. The molecule has 2 aromatic carbocycles. The second kappa shape index (κ2) is 8.48. The number of carbonyl (C=O) groups is 1. The molecule has 150 valence electrons. The van der Waals surface area contributed by atoms with E-state index in [0.29, 0.717) is 5.56 Å². The Bertz CT molecular complexity index is 1080. The molecular formula is C19H15F3N4O2S. The number of thioether (sulfide) groups is 1. The normalized spacial score (nSPS) is 11.3. The van der Waals surface area contributed by atoms with Crippen LogP contribution in [0.4, 0.5) is 18.9 Å². The molecule has 1 heterocycles. The molecule has 3 aromatic rings. The van der Waals surface area contributed by atoms with Gasteiger partial charge < -0.3 is 5.32 Å². The number of hydrogen-bond donors (Lipinski definition) is 2. The van der Waals surface area contributed by atoms with Crippen molar-refractivity contribution in [3.8, 4) is 11.3 Å². The summed E-state index contributed by atoms with van der Waals surface area (Å²) in [5.41, 5.74) is 0.525. The number of aryl methyl sites for hydroxylation is 1. The minimum Gasteiger partial charge on any atom is -0.325 e. The minimum atomic E-state index is -4.50. The first-order chi connectivity index (χ1) is 13.7. The fourth-order valence-corrected chi connectivity index (χ4v) is 3.00. The Morgan fingerprint density at radius 1 is 1.14 bits per heavy atom. The number of rotatable bonds is 5. The highest BCUT2D eigenvalue weighted by Gasteiger charge is 2.30. The Labute approximate surface area is 167 Å². The molecule has 0 aliphatic carbocycles. The van der Waals surface area contributed by atoms with Crippen LogP contribution in [0.2, 0.25) is 0 Å². The third-order valence-electron chi connectivity index (χ3n) is 3.82. The first kappa shape index (κ1) is 20.6. The van der Waals surface area contributed by atoms with Crippen LogP contribution in [0.5, 0.6) is 0 Å². The maximum Gasteiger partial charge on any atom is 0.416 e. The van der Waals surface area contributed by atoms with E-state index in [1.165, 1.54) is 12.1 Å². The van der Waals surface area contributed by atoms with Gasteiger partial charge in [0.15, 0.2) is 10.9 Å². The highest BCUT2D eigenvalue weighted by atomic mass is 32.2. The van der Waals surface area contributed by atoms with Gasteiger partial charge in [0.1, 0.15) is 0 Å². The Balaban J connectivity index is 1.63. The molecule has 29 heavy (non-hydrogen) atoms. The topological polar surface area (TPSA) is 87.7 Å². The number of H-pyrrole nitrogens is 1. The minimum absolute atomic E-state index is 0.0275. The highest BCUT2D eigenvalue weighted by molar-refractivity contribution is 7.99. The second-order valence-corrected chi connectivity index (χ2v) is 7.05. The van der Waals surface area contributed by atoms with Crippen LogP contribution in [0.3, 0.4) is 0 Å². The molecule has 3 rings (SSSR count). The molecular weight excluding hydrogens is 405 g/mol. The summed E-state index contributed by atoms with van der Waals surface area (Å²) in [6, 6.07) is 11.5. The van der Waals surface area contributed by atoms with Crippen LogP contribution >= 0.6 is 11.8 Å². The number of benzene rings is 2. The summed E-state index contributed by atoms with van der Waals surface area (Å²) in [7, 11) is 0. The lowest BCUT2D eigenvalue weighted by molar-refractivity contribution is -0.137. The zero-order valence-corrected chi connectivity index (χ0v) is 15.9. The standard InChI is InChI=1S/C19H15F3N4O2S/c1-11-5-7-12(8-6-11)16-17(28)24-18(26-25-16)29-10-15(27)23-14-4-2-3-13(9-14)19(20,21)22/h2-9H,10H2,1H3,(H,23,27)(H,24,26,28). The molecule has 1 amide bonds. The molecule has 0 radical (unpaired) electrons. The third-order valence-corrected chi connectivity index (χ3v) is 4.68. The molecule has 0 bridgehead atoms. The first-order valence-electron chi connectivity index (χ1n) is 8.36. The van der Waals surface area contributed by atoms with Crippen molar-refractivity contribution in [2.24, 2.45) is 0 Å². The number of halogens is 3. The number of nitrogens with one attached hydrogen (secondary N) is 2. The summed E-state index contributed by atoms with van der Waals surface area (Å²) in [6.45, 7) is 1.92. The third kappa shape index (κ3) is 5.44. The van der Waals surface area contributed by atoms with Gasteiger partial charge in [-0.2, -0.15) is 13.2 Å². The second-order valence-electron chi connectivity index (χ2n) is 6.09. The molecule has 10 heteroatoms. The van der Waals surface area contributed by atoms with Gasteiger partial charge in [0.05, 0.1) is 11.3 Å². The average molecular weight is 420 g/mol. The van der Waals surface area contributed by atoms with Gasteiger partial charge in [-0.1, -0.05) is 47.7 Å². The molecule has 0 atom stereocenters. The molecule has 0 saturated heterocycles. The predicted molar refractivity (Wildman–Crippen MR) is 104 cm³/mol. The van der Waals surface area contributed by atoms with E-state index in [0.717, 1.165) is 29.5 Å². The number of anilines is 1. The van der Waals surface area contributed by atoms with Crippen LogP contribution in [-0.4, -0.2) is 26.8 Å². The summed E-state index contributed by atoms with van der Waals surface area (Å²) in [5, 5.41) is 10.3. The number of carbonyl (C=O) groups excluding carboxylic acids is 1. The Morgan fingerprint density at radius 3 is 2.52 bits per heavy atom. The number of alkyl halides is 3. The van der Waals surface area contributed by atoms with E-state index in [-0.39, 0.29) is 22.3 Å². The summed E-state index contributed by atoms with van der Waals surface area (Å²) in [5.74, 6) is -0.704. The van der Waals surface area contributed by atoms with Gasteiger partial charge in [-0.3, -0.25) is 14.6 Å². The maximum absolute atomic E-state index is 12.7. The average Bonchev–Trinajstić information content (AvgIpc) is 2.67. The van der Waals surface area contributed by atoms with E-state index in [4.69, 9.17) is 0 Å². The van der Waals surface area contributed by atoms with E-state index < -0.39 is 23.2 Å². The maximum atomic E-state index is 12.7. The van der Waals surface area contributed by atoms with E-state index in [1.807, 2.05) is 19.1 Å². The van der Waals surface area contributed by atoms with Crippen LogP contribution in [0.1, 0.15) is 11.1 Å². The molecule has 0 aliphatic heterocycles. The van der Waals surface area contributed by atoms with Gasteiger partial charge >= 0.3 is 6.18 Å². The van der Waals surface area contributed by atoms with E-state index in [1.54, 1.807) is 12.1 Å². The Morgan fingerprint density at radius 2 is 1.86 bits per heavy atom. The number of aromatic nitrogens is 3. The van der Waals surface area contributed by atoms with Gasteiger partial charge in [0.25, 0.3) is 5.56 Å². The molecule has 6 nitrogen and oxygen atoms in total. The van der Waals surface area contributed by atoms with Gasteiger partial charge in [-0.25, -0.2) is 0 Å². The lowest BCUT2D eigenvalue weighted by Crippen LogP contribution is -2.17. The van der Waals surface area contributed by atoms with Crippen LogP contribution in [-0.2, 0) is 11.0 Å². The van der Waals surface area contributed by atoms with Crippen molar-refractivity contribution in [2.75, 3.05) is 11.1 Å². The fourth-order valence-electron chi connectivity index (χ4n) is 2.39. The quantitative estimate of drug-likeness (QED) is 0.612. The molecule has 0 fully saturated rings. The monoisotopic (exact) mass is 420 g/mol. The van der Waals surface area contributed by atoms with Crippen molar-refractivity contribution in [2.45, 2.75) is 18.3 Å². The van der Waals surface area contributed by atoms with Crippen molar-refractivity contribution in [1.29, 1.82) is 0 Å². The number of hydrogen-bond acceptors (Lipinski definition) is 5. The van der Waals surface area contributed by atoms with Crippen molar-refractivity contribution in [3.05, 3.63) is 70.0 Å². The highest BCUT2D eigenvalue weighted by Crippen LogP contribution is 2.30. The summed E-state index contributed by atoms with van der Waals surface area (Å²) >= 11 is 0.915. The largest absolute Gasteiger partial charge is 0.416 e. The molecule has 0 spiro atoms. The lowest BCUT2D eigenvalue weighted by Gasteiger charge is -2.09.